The van der Waals surface area contributed by atoms with Gasteiger partial charge >= 0.3 is 0 Å². The van der Waals surface area contributed by atoms with Crippen molar-refractivity contribution in [1.29, 1.82) is 5.26 Å². The quantitative estimate of drug-likeness (QED) is 0.382. The molecule has 0 aliphatic carbocycles. The second kappa shape index (κ2) is 9.47. The minimum Gasteiger partial charge on any atom is -0.351 e. The zero-order valence-corrected chi connectivity index (χ0v) is 19.7. The van der Waals surface area contributed by atoms with Gasteiger partial charge in [0.15, 0.2) is 5.82 Å². The molecule has 3 aromatic heterocycles. The maximum absolute atomic E-state index is 9.06. The number of nitrogens with zero attached hydrogens (tertiary/aromatic N) is 8. The van der Waals surface area contributed by atoms with Gasteiger partial charge in [-0.05, 0) is 34.9 Å². The average molecular weight is 473 g/mol. The van der Waals surface area contributed by atoms with Crippen LogP contribution in [-0.4, -0.2) is 50.7 Å². The maximum Gasteiger partial charge on any atom is 0.225 e. The largest absolute Gasteiger partial charge is 0.351 e. The molecule has 176 valence electrons. The zero-order valence-electron chi connectivity index (χ0n) is 19.7. The Kier molecular flexibility index (Phi) is 5.72. The van der Waals surface area contributed by atoms with E-state index in [0.717, 1.165) is 66.6 Å². The van der Waals surface area contributed by atoms with Crippen LogP contribution in [0.5, 0.6) is 0 Å². The molecule has 1 saturated heterocycles. The summed E-state index contributed by atoms with van der Waals surface area (Å²) in [6.45, 7) is 3.27. The second-order valence-corrected chi connectivity index (χ2v) is 8.86. The number of fused-ring (bicyclic) bond motifs is 1. The van der Waals surface area contributed by atoms with Gasteiger partial charge in [-0.2, -0.15) is 10.4 Å². The fourth-order valence-electron chi connectivity index (χ4n) is 4.61. The highest BCUT2D eigenvalue weighted by atomic mass is 15.3. The molecule has 0 radical (unpaired) electrons. The van der Waals surface area contributed by atoms with Crippen molar-refractivity contribution in [3.63, 3.8) is 0 Å². The molecule has 1 fully saturated rings. The lowest BCUT2D eigenvalue weighted by Gasteiger charge is -2.35. The van der Waals surface area contributed by atoms with Crippen molar-refractivity contribution in [3.8, 4) is 17.2 Å². The van der Waals surface area contributed by atoms with E-state index in [1.807, 2.05) is 53.4 Å². The van der Waals surface area contributed by atoms with E-state index in [-0.39, 0.29) is 0 Å². The lowest BCUT2D eigenvalue weighted by Crippen LogP contribution is -2.47. The van der Waals surface area contributed by atoms with Gasteiger partial charge in [-0.3, -0.25) is 0 Å². The summed E-state index contributed by atoms with van der Waals surface area (Å²) in [5.41, 5.74) is 6.07. The number of nitriles is 1. The monoisotopic (exact) mass is 472 g/mol. The van der Waals surface area contributed by atoms with E-state index in [9.17, 15) is 0 Å². The molecule has 0 saturated carbocycles. The van der Waals surface area contributed by atoms with Crippen LogP contribution in [0, 0.1) is 11.3 Å². The van der Waals surface area contributed by atoms with Crippen LogP contribution in [0.15, 0.2) is 85.6 Å². The lowest BCUT2D eigenvalue weighted by atomic mass is 10.1. The fraction of sp³-hybridized carbons (Fsp3) is 0.179. The smallest absolute Gasteiger partial charge is 0.225 e. The van der Waals surface area contributed by atoms with Crippen molar-refractivity contribution in [2.24, 2.45) is 0 Å². The summed E-state index contributed by atoms with van der Waals surface area (Å²) in [5, 5.41) is 13.5. The van der Waals surface area contributed by atoms with Crippen LogP contribution in [0.1, 0.15) is 16.7 Å². The van der Waals surface area contributed by atoms with E-state index < -0.39 is 0 Å². The van der Waals surface area contributed by atoms with E-state index in [4.69, 9.17) is 5.26 Å². The molecular formula is C28H24N8. The third-order valence-corrected chi connectivity index (χ3v) is 6.54. The SMILES string of the molecule is N#Cc1ccc(-c2cc3c(N4CCN(c5ncc(Cc6ccccc6)cn5)CC4)ncnn3c2)cc1. The Morgan fingerprint density at radius 1 is 0.778 bits per heavy atom. The van der Waals surface area contributed by atoms with Gasteiger partial charge in [0.05, 0.1) is 11.6 Å². The van der Waals surface area contributed by atoms with Gasteiger partial charge < -0.3 is 9.80 Å². The van der Waals surface area contributed by atoms with E-state index in [2.05, 4.69) is 66.3 Å². The van der Waals surface area contributed by atoms with Gasteiger partial charge in [0.1, 0.15) is 11.8 Å². The van der Waals surface area contributed by atoms with Crippen LogP contribution in [0.3, 0.4) is 0 Å². The number of piperazine rings is 1. The fourth-order valence-corrected chi connectivity index (χ4v) is 4.61. The molecule has 1 aliphatic rings. The molecule has 0 unspecified atom stereocenters. The molecule has 8 heteroatoms. The summed E-state index contributed by atoms with van der Waals surface area (Å²) in [6.07, 6.45) is 8.30. The van der Waals surface area contributed by atoms with Crippen LogP contribution in [0.25, 0.3) is 16.6 Å². The first-order chi connectivity index (χ1) is 17.8. The lowest BCUT2D eigenvalue weighted by molar-refractivity contribution is 0.633. The Labute approximate surface area is 209 Å². The van der Waals surface area contributed by atoms with Crippen LogP contribution in [0.4, 0.5) is 11.8 Å². The van der Waals surface area contributed by atoms with Crippen molar-refractivity contribution < 1.29 is 0 Å². The molecule has 1 aliphatic heterocycles. The molecule has 0 N–H and O–H groups in total. The summed E-state index contributed by atoms with van der Waals surface area (Å²) in [6, 6.07) is 22.2. The summed E-state index contributed by atoms with van der Waals surface area (Å²) >= 11 is 0. The Balaban J connectivity index is 1.15. The topological polar surface area (TPSA) is 86.2 Å². The highest BCUT2D eigenvalue weighted by Gasteiger charge is 2.22. The first-order valence-electron chi connectivity index (χ1n) is 12.0. The predicted molar refractivity (Wildman–Crippen MR) is 139 cm³/mol. The van der Waals surface area contributed by atoms with Crippen LogP contribution < -0.4 is 9.80 Å². The summed E-state index contributed by atoms with van der Waals surface area (Å²) in [5.74, 6) is 1.69. The number of anilines is 2. The van der Waals surface area contributed by atoms with Gasteiger partial charge in [-0.25, -0.2) is 19.5 Å². The number of aromatic nitrogens is 5. The Morgan fingerprint density at radius 2 is 1.50 bits per heavy atom. The van der Waals surface area contributed by atoms with Crippen molar-refractivity contribution >= 4 is 17.3 Å². The van der Waals surface area contributed by atoms with Gasteiger partial charge in [0.2, 0.25) is 5.95 Å². The van der Waals surface area contributed by atoms with E-state index in [0.29, 0.717) is 5.56 Å². The van der Waals surface area contributed by atoms with Gasteiger partial charge in [0, 0.05) is 56.8 Å². The van der Waals surface area contributed by atoms with Gasteiger partial charge in [0.25, 0.3) is 0 Å². The van der Waals surface area contributed by atoms with E-state index >= 15 is 0 Å². The van der Waals surface area contributed by atoms with E-state index in [1.54, 1.807) is 6.33 Å². The molecule has 0 atom stereocenters. The average Bonchev–Trinajstić information content (AvgIpc) is 3.39. The Morgan fingerprint density at radius 3 is 2.22 bits per heavy atom. The van der Waals surface area contributed by atoms with E-state index in [1.165, 1.54) is 5.56 Å². The van der Waals surface area contributed by atoms with Crippen LogP contribution in [-0.2, 0) is 6.42 Å². The highest BCUT2D eigenvalue weighted by Crippen LogP contribution is 2.28. The van der Waals surface area contributed by atoms with Crippen LogP contribution in [0.2, 0.25) is 0 Å². The Bertz CT molecular complexity index is 1510. The highest BCUT2D eigenvalue weighted by molar-refractivity contribution is 5.78. The molecule has 4 heterocycles. The second-order valence-electron chi connectivity index (χ2n) is 8.86. The van der Waals surface area contributed by atoms with Crippen molar-refractivity contribution in [3.05, 3.63) is 102 Å². The molecule has 2 aromatic carbocycles. The predicted octanol–water partition coefficient (Wildman–Crippen LogP) is 3.98. The Hall–Kier alpha value is -4.77. The molecule has 6 rings (SSSR count). The number of rotatable bonds is 5. The minimum atomic E-state index is 0.649. The molecule has 5 aromatic rings. The molecule has 36 heavy (non-hydrogen) atoms. The van der Waals surface area contributed by atoms with Gasteiger partial charge in [-0.1, -0.05) is 42.5 Å². The molecule has 0 bridgehead atoms. The number of hydrogen-bond acceptors (Lipinski definition) is 7. The van der Waals surface area contributed by atoms with Gasteiger partial charge in [-0.15, -0.1) is 0 Å². The van der Waals surface area contributed by atoms with Crippen molar-refractivity contribution in [1.82, 2.24) is 24.6 Å². The van der Waals surface area contributed by atoms with Crippen LogP contribution >= 0.6 is 0 Å². The summed E-state index contributed by atoms with van der Waals surface area (Å²) < 4.78 is 1.87. The van der Waals surface area contributed by atoms with Crippen molar-refractivity contribution in [2.75, 3.05) is 36.0 Å². The standard InChI is InChI=1S/C28H24N8/c29-16-22-6-8-24(9-7-22)25-15-26-27(32-20-33-36(26)19-25)34-10-12-35(13-11-34)28-30-17-23(18-31-28)14-21-4-2-1-3-5-21/h1-9,15,17-20H,10-14H2. The number of benzene rings is 2. The zero-order chi connectivity index (χ0) is 24.3. The third kappa shape index (κ3) is 4.34. The molecule has 8 nitrogen and oxygen atoms in total. The third-order valence-electron chi connectivity index (χ3n) is 6.54. The summed E-state index contributed by atoms with van der Waals surface area (Å²) in [7, 11) is 0. The molecule has 0 spiro atoms. The number of hydrogen-bond donors (Lipinski definition) is 0. The molecule has 0 amide bonds. The summed E-state index contributed by atoms with van der Waals surface area (Å²) in [4.78, 5) is 18.4. The van der Waals surface area contributed by atoms with Crippen molar-refractivity contribution in [2.45, 2.75) is 6.42 Å². The molecular weight excluding hydrogens is 448 g/mol. The minimum absolute atomic E-state index is 0.649. The first-order valence-corrected chi connectivity index (χ1v) is 12.0. The normalized spacial score (nSPS) is 13.6. The first kappa shape index (κ1) is 21.7. The maximum atomic E-state index is 9.06.